The van der Waals surface area contributed by atoms with Crippen molar-refractivity contribution in [3.63, 3.8) is 0 Å². The SMILES string of the molecule is C=C([CH2+])N=C(N)[O]. The lowest BCUT2D eigenvalue weighted by molar-refractivity contribution is 0.419. The molecule has 0 heterocycles. The second-order valence-corrected chi connectivity index (χ2v) is 1.02. The average Bonchev–Trinajstić information content (AvgIpc) is 1.27. The summed E-state index contributed by atoms with van der Waals surface area (Å²) in [5, 5.41) is 9.76. The Hall–Kier alpha value is -1.12. The van der Waals surface area contributed by atoms with Gasteiger partial charge in [-0.05, 0) is 0 Å². The minimum absolute atomic E-state index is 0.188. The van der Waals surface area contributed by atoms with Crippen molar-refractivity contribution in [1.82, 2.24) is 0 Å². The first-order valence-electron chi connectivity index (χ1n) is 1.65. The Bertz CT molecular complexity index is 102. The Balaban J connectivity index is 3.68. The summed E-state index contributed by atoms with van der Waals surface area (Å²) in [6.45, 7) is 6.43. The van der Waals surface area contributed by atoms with E-state index in [2.05, 4.69) is 24.2 Å². The Morgan fingerprint density at radius 3 is 2.29 bits per heavy atom. The van der Waals surface area contributed by atoms with Crippen molar-refractivity contribution in [2.24, 2.45) is 10.7 Å². The summed E-state index contributed by atoms with van der Waals surface area (Å²) < 4.78 is 0. The van der Waals surface area contributed by atoms with Gasteiger partial charge in [0.2, 0.25) is 5.70 Å². The number of rotatable bonds is 1. The summed E-state index contributed by atoms with van der Waals surface area (Å²) in [6, 6.07) is -0.750. The molecule has 0 bridgehead atoms. The van der Waals surface area contributed by atoms with E-state index in [1.807, 2.05) is 0 Å². The molecule has 7 heavy (non-hydrogen) atoms. The molecular weight excluding hydrogens is 92.1 g/mol. The molecule has 0 aromatic rings. The smallest absolute Gasteiger partial charge is 0.342 e. The zero-order valence-electron chi connectivity index (χ0n) is 3.85. The van der Waals surface area contributed by atoms with Crippen LogP contribution in [0.4, 0.5) is 0 Å². The van der Waals surface area contributed by atoms with Crippen LogP contribution in [0.25, 0.3) is 0 Å². The molecular formula is C4H6N2O+. The van der Waals surface area contributed by atoms with Crippen LogP contribution in [0.3, 0.4) is 0 Å². The lowest BCUT2D eigenvalue weighted by Crippen LogP contribution is -2.06. The van der Waals surface area contributed by atoms with Crippen LogP contribution in [-0.4, -0.2) is 6.02 Å². The highest BCUT2D eigenvalue weighted by molar-refractivity contribution is 5.69. The van der Waals surface area contributed by atoms with Crippen molar-refractivity contribution in [3.8, 4) is 0 Å². The monoisotopic (exact) mass is 98.0 g/mol. The molecule has 0 saturated heterocycles. The fraction of sp³-hybridized carbons (Fsp3) is 0. The zero-order valence-corrected chi connectivity index (χ0v) is 3.85. The normalized spacial score (nSPS) is 11.1. The quantitative estimate of drug-likeness (QED) is 0.282. The lowest BCUT2D eigenvalue weighted by atomic mass is 10.6. The van der Waals surface area contributed by atoms with Gasteiger partial charge in [-0.2, -0.15) is 4.99 Å². The predicted octanol–water partition coefficient (Wildman–Crippen LogP) is 0.0794. The van der Waals surface area contributed by atoms with E-state index >= 15 is 0 Å². The van der Waals surface area contributed by atoms with E-state index in [-0.39, 0.29) is 5.70 Å². The lowest BCUT2D eigenvalue weighted by Gasteiger charge is -1.75. The van der Waals surface area contributed by atoms with Gasteiger partial charge in [0.05, 0.1) is 13.5 Å². The molecule has 0 unspecified atom stereocenters. The third-order valence-electron chi connectivity index (χ3n) is 0.268. The number of hydrogen-bond donors (Lipinski definition) is 1. The molecule has 3 heteroatoms. The maximum atomic E-state index is 9.76. The van der Waals surface area contributed by atoms with E-state index in [4.69, 9.17) is 0 Å². The van der Waals surface area contributed by atoms with Crippen LogP contribution < -0.4 is 5.73 Å². The number of aliphatic imine (C=N–C) groups is 1. The summed E-state index contributed by atoms with van der Waals surface area (Å²) in [5.74, 6) is 0. The predicted molar refractivity (Wildman–Crippen MR) is 26.8 cm³/mol. The van der Waals surface area contributed by atoms with E-state index in [0.717, 1.165) is 0 Å². The molecule has 0 fully saturated rings. The summed E-state index contributed by atoms with van der Waals surface area (Å²) in [4.78, 5) is 3.11. The fourth-order valence-electron chi connectivity index (χ4n) is 0.156. The van der Waals surface area contributed by atoms with Crippen molar-refractivity contribution in [2.75, 3.05) is 0 Å². The van der Waals surface area contributed by atoms with Crippen molar-refractivity contribution in [1.29, 1.82) is 0 Å². The first kappa shape index (κ1) is 5.88. The highest BCUT2D eigenvalue weighted by Crippen LogP contribution is 1.83. The van der Waals surface area contributed by atoms with Crippen LogP contribution in [0.5, 0.6) is 0 Å². The van der Waals surface area contributed by atoms with Crippen LogP contribution >= 0.6 is 0 Å². The van der Waals surface area contributed by atoms with Gasteiger partial charge in [0.25, 0.3) is 0 Å². The fourth-order valence-corrected chi connectivity index (χ4v) is 0.156. The molecule has 0 spiro atoms. The van der Waals surface area contributed by atoms with Crippen LogP contribution in [-0.2, 0) is 5.11 Å². The third-order valence-corrected chi connectivity index (χ3v) is 0.268. The number of amidine groups is 1. The Kier molecular flexibility index (Phi) is 1.78. The van der Waals surface area contributed by atoms with Gasteiger partial charge in [0.15, 0.2) is 0 Å². The third kappa shape index (κ3) is 4.88. The summed E-state index contributed by atoms with van der Waals surface area (Å²) in [7, 11) is 0. The molecule has 0 aromatic heterocycles. The minimum Gasteiger partial charge on any atom is -0.350 e. The number of allylic oxidation sites excluding steroid dienone is 1. The van der Waals surface area contributed by atoms with Gasteiger partial charge in [-0.15, -0.1) is 0 Å². The van der Waals surface area contributed by atoms with Crippen LogP contribution in [0.2, 0.25) is 0 Å². The molecule has 0 aromatic carbocycles. The van der Waals surface area contributed by atoms with E-state index in [1.165, 1.54) is 0 Å². The highest BCUT2D eigenvalue weighted by atomic mass is 16.3. The molecule has 0 aliphatic heterocycles. The molecule has 1 radical (unpaired) electrons. The Morgan fingerprint density at radius 2 is 2.29 bits per heavy atom. The van der Waals surface area contributed by atoms with Crippen molar-refractivity contribution >= 4 is 6.02 Å². The van der Waals surface area contributed by atoms with E-state index < -0.39 is 6.02 Å². The second-order valence-electron chi connectivity index (χ2n) is 1.02. The van der Waals surface area contributed by atoms with Gasteiger partial charge in [0.1, 0.15) is 0 Å². The maximum absolute atomic E-state index is 9.76. The zero-order chi connectivity index (χ0) is 5.86. The van der Waals surface area contributed by atoms with Crippen molar-refractivity contribution in [3.05, 3.63) is 19.2 Å². The van der Waals surface area contributed by atoms with Crippen molar-refractivity contribution in [2.45, 2.75) is 0 Å². The van der Waals surface area contributed by atoms with Crippen LogP contribution in [0.15, 0.2) is 17.3 Å². The summed E-state index contributed by atoms with van der Waals surface area (Å²) in [5.41, 5.74) is 4.77. The number of nitrogens with two attached hydrogens (primary N) is 1. The first-order valence-corrected chi connectivity index (χ1v) is 1.65. The highest BCUT2D eigenvalue weighted by Gasteiger charge is 1.87. The maximum Gasteiger partial charge on any atom is 0.342 e. The Morgan fingerprint density at radius 1 is 1.86 bits per heavy atom. The van der Waals surface area contributed by atoms with Gasteiger partial charge >= 0.3 is 6.02 Å². The molecule has 0 aliphatic rings. The molecule has 0 aliphatic carbocycles. The molecule has 2 N–H and O–H groups in total. The van der Waals surface area contributed by atoms with E-state index in [9.17, 15) is 5.11 Å². The first-order chi connectivity index (χ1) is 3.13. The summed E-state index contributed by atoms with van der Waals surface area (Å²) in [6.07, 6.45) is 0. The van der Waals surface area contributed by atoms with Crippen LogP contribution in [0, 0.1) is 6.92 Å². The molecule has 0 amide bonds. The average molecular weight is 98.1 g/mol. The number of hydrogen-bond acceptors (Lipinski definition) is 1. The van der Waals surface area contributed by atoms with Gasteiger partial charge in [-0.25, -0.2) is 5.11 Å². The molecule has 0 atom stereocenters. The topological polar surface area (TPSA) is 58.3 Å². The van der Waals surface area contributed by atoms with E-state index in [1.54, 1.807) is 0 Å². The van der Waals surface area contributed by atoms with Gasteiger partial charge in [-0.1, -0.05) is 0 Å². The molecule has 37 valence electrons. The standard InChI is InChI=1S/C4H6N2O/c1-3(2)6-4(5)7/h1-2H2,(H2,5,6)/q+1. The largest absolute Gasteiger partial charge is 0.350 e. The second kappa shape index (κ2) is 2.12. The molecule has 0 rings (SSSR count). The molecule has 3 nitrogen and oxygen atoms in total. The minimum atomic E-state index is -0.750. The Labute approximate surface area is 42.2 Å². The van der Waals surface area contributed by atoms with Gasteiger partial charge < -0.3 is 5.73 Å². The van der Waals surface area contributed by atoms with Gasteiger partial charge in [0, 0.05) is 0 Å². The van der Waals surface area contributed by atoms with E-state index in [0.29, 0.717) is 0 Å². The number of nitrogens with zero attached hydrogens (tertiary/aromatic N) is 1. The van der Waals surface area contributed by atoms with Crippen molar-refractivity contribution < 1.29 is 5.11 Å². The summed E-state index contributed by atoms with van der Waals surface area (Å²) >= 11 is 0. The van der Waals surface area contributed by atoms with Gasteiger partial charge in [-0.3, -0.25) is 0 Å². The van der Waals surface area contributed by atoms with Crippen LogP contribution in [0.1, 0.15) is 0 Å². The molecule has 0 saturated carbocycles.